The number of carbonyl (C=O) groups is 1. The van der Waals surface area contributed by atoms with Crippen molar-refractivity contribution in [2.75, 3.05) is 5.32 Å². The highest BCUT2D eigenvalue weighted by Gasteiger charge is 2.08. The fourth-order valence-corrected chi connectivity index (χ4v) is 2.35. The van der Waals surface area contributed by atoms with Crippen molar-refractivity contribution < 1.29 is 9.21 Å². The molecule has 2 heterocycles. The molecule has 3 rings (SSSR count). The molecule has 124 valence electrons. The maximum absolute atomic E-state index is 12.0. The first-order valence-electron chi connectivity index (χ1n) is 7.73. The number of imidazole rings is 1. The van der Waals surface area contributed by atoms with Crippen molar-refractivity contribution >= 4 is 11.6 Å². The van der Waals surface area contributed by atoms with E-state index in [0.29, 0.717) is 24.6 Å². The second-order valence-corrected chi connectivity index (χ2v) is 5.60. The molecular formula is C17H19N5O2. The molecule has 0 aliphatic rings. The van der Waals surface area contributed by atoms with E-state index in [9.17, 15) is 4.79 Å². The van der Waals surface area contributed by atoms with Gasteiger partial charge >= 0.3 is 0 Å². The second-order valence-electron chi connectivity index (χ2n) is 5.60. The molecule has 0 saturated heterocycles. The molecule has 0 aliphatic carbocycles. The van der Waals surface area contributed by atoms with E-state index in [2.05, 4.69) is 20.5 Å². The predicted molar refractivity (Wildman–Crippen MR) is 89.0 cm³/mol. The predicted octanol–water partition coefficient (Wildman–Crippen LogP) is 2.75. The lowest BCUT2D eigenvalue weighted by Gasteiger charge is -2.08. The molecular weight excluding hydrogens is 306 g/mol. The van der Waals surface area contributed by atoms with E-state index in [4.69, 9.17) is 4.42 Å². The van der Waals surface area contributed by atoms with Gasteiger partial charge in [-0.15, -0.1) is 10.2 Å². The molecule has 0 spiro atoms. The van der Waals surface area contributed by atoms with Gasteiger partial charge in [0.2, 0.25) is 17.7 Å². The summed E-state index contributed by atoms with van der Waals surface area (Å²) in [4.78, 5) is 16.3. The number of nitrogens with one attached hydrogen (secondary N) is 1. The first-order chi connectivity index (χ1) is 11.5. The number of nitrogens with zero attached hydrogens (tertiary/aromatic N) is 4. The average molecular weight is 325 g/mol. The molecule has 7 heteroatoms. The van der Waals surface area contributed by atoms with E-state index in [1.54, 1.807) is 13.3 Å². The van der Waals surface area contributed by atoms with Crippen molar-refractivity contribution in [1.29, 1.82) is 0 Å². The van der Waals surface area contributed by atoms with Gasteiger partial charge in [-0.2, -0.15) is 0 Å². The Morgan fingerprint density at radius 1 is 1.17 bits per heavy atom. The van der Waals surface area contributed by atoms with Crippen LogP contribution in [0.15, 0.2) is 35.0 Å². The molecule has 0 bridgehead atoms. The van der Waals surface area contributed by atoms with Gasteiger partial charge in [0, 0.05) is 36.8 Å². The SMILES string of the molecule is Cc1nnc(CCC(=O)Nc2ccc(-n3cnc(C)c3C)cc2)o1. The summed E-state index contributed by atoms with van der Waals surface area (Å²) in [5.41, 5.74) is 3.86. The molecule has 7 nitrogen and oxygen atoms in total. The fourth-order valence-electron chi connectivity index (χ4n) is 2.35. The Hall–Kier alpha value is -2.96. The normalized spacial score (nSPS) is 10.8. The van der Waals surface area contributed by atoms with Crippen LogP contribution in [0.2, 0.25) is 0 Å². The van der Waals surface area contributed by atoms with Crippen LogP contribution in [0, 0.1) is 20.8 Å². The van der Waals surface area contributed by atoms with Crippen molar-refractivity contribution in [3.8, 4) is 5.69 Å². The Morgan fingerprint density at radius 3 is 2.50 bits per heavy atom. The molecule has 0 radical (unpaired) electrons. The zero-order valence-electron chi connectivity index (χ0n) is 13.9. The number of aromatic nitrogens is 4. The van der Waals surface area contributed by atoms with Crippen LogP contribution in [0.1, 0.15) is 29.6 Å². The molecule has 1 aromatic carbocycles. The summed E-state index contributed by atoms with van der Waals surface area (Å²) in [6, 6.07) is 7.65. The van der Waals surface area contributed by atoms with E-state index in [-0.39, 0.29) is 5.91 Å². The summed E-state index contributed by atoms with van der Waals surface area (Å²) in [6.07, 6.45) is 2.52. The largest absolute Gasteiger partial charge is 0.426 e. The van der Waals surface area contributed by atoms with Gasteiger partial charge in [0.15, 0.2) is 0 Å². The molecule has 1 amide bonds. The number of aryl methyl sites for hydroxylation is 3. The number of amides is 1. The highest BCUT2D eigenvalue weighted by Crippen LogP contribution is 2.17. The number of benzene rings is 1. The maximum Gasteiger partial charge on any atom is 0.224 e. The Kier molecular flexibility index (Phi) is 4.41. The lowest BCUT2D eigenvalue weighted by Crippen LogP contribution is -2.12. The van der Waals surface area contributed by atoms with Gasteiger partial charge in [-0.25, -0.2) is 4.98 Å². The number of hydrogen-bond acceptors (Lipinski definition) is 5. The Bertz CT molecular complexity index is 848. The van der Waals surface area contributed by atoms with Crippen LogP contribution in [0.3, 0.4) is 0 Å². The minimum absolute atomic E-state index is 0.0896. The molecule has 0 unspecified atom stereocenters. The van der Waals surface area contributed by atoms with E-state index in [1.165, 1.54) is 0 Å². The van der Waals surface area contributed by atoms with Gasteiger partial charge in [-0.1, -0.05) is 0 Å². The molecule has 0 aliphatic heterocycles. The number of rotatable bonds is 5. The fraction of sp³-hybridized carbons (Fsp3) is 0.294. The first kappa shape index (κ1) is 15.9. The van der Waals surface area contributed by atoms with Crippen molar-refractivity contribution in [2.45, 2.75) is 33.6 Å². The summed E-state index contributed by atoms with van der Waals surface area (Å²) in [5.74, 6) is 0.892. The van der Waals surface area contributed by atoms with Crippen LogP contribution >= 0.6 is 0 Å². The quantitative estimate of drug-likeness (QED) is 0.779. The monoisotopic (exact) mass is 325 g/mol. The highest BCUT2D eigenvalue weighted by atomic mass is 16.4. The zero-order chi connectivity index (χ0) is 17.1. The lowest BCUT2D eigenvalue weighted by atomic mass is 10.2. The van der Waals surface area contributed by atoms with Gasteiger partial charge < -0.3 is 14.3 Å². The topological polar surface area (TPSA) is 85.8 Å². The zero-order valence-corrected chi connectivity index (χ0v) is 13.9. The van der Waals surface area contributed by atoms with E-state index >= 15 is 0 Å². The van der Waals surface area contributed by atoms with E-state index in [0.717, 1.165) is 22.8 Å². The molecule has 3 aromatic rings. The van der Waals surface area contributed by atoms with Crippen LogP contribution in [0.5, 0.6) is 0 Å². The van der Waals surface area contributed by atoms with Crippen LogP contribution in [0.4, 0.5) is 5.69 Å². The van der Waals surface area contributed by atoms with Crippen LogP contribution in [-0.2, 0) is 11.2 Å². The standard InChI is InChI=1S/C17H19N5O2/c1-11-12(2)22(10-18-11)15-6-4-14(5-7-15)19-16(23)8-9-17-21-20-13(3)24-17/h4-7,10H,8-9H2,1-3H3,(H,19,23). The summed E-state index contributed by atoms with van der Waals surface area (Å²) in [7, 11) is 0. The Labute approximate surface area is 139 Å². The first-order valence-corrected chi connectivity index (χ1v) is 7.73. The Balaban J connectivity index is 1.59. The lowest BCUT2D eigenvalue weighted by molar-refractivity contribution is -0.116. The number of anilines is 1. The van der Waals surface area contributed by atoms with Crippen LogP contribution in [-0.4, -0.2) is 25.7 Å². The van der Waals surface area contributed by atoms with Gasteiger partial charge in [-0.05, 0) is 38.1 Å². The van der Waals surface area contributed by atoms with Crippen molar-refractivity contribution in [2.24, 2.45) is 0 Å². The molecule has 24 heavy (non-hydrogen) atoms. The minimum atomic E-state index is -0.0896. The summed E-state index contributed by atoms with van der Waals surface area (Å²) >= 11 is 0. The molecule has 0 saturated carbocycles. The van der Waals surface area contributed by atoms with Crippen LogP contribution < -0.4 is 5.32 Å². The molecule has 1 N–H and O–H groups in total. The number of hydrogen-bond donors (Lipinski definition) is 1. The maximum atomic E-state index is 12.0. The third kappa shape index (κ3) is 3.51. The molecule has 0 atom stereocenters. The minimum Gasteiger partial charge on any atom is -0.426 e. The smallest absolute Gasteiger partial charge is 0.224 e. The van der Waals surface area contributed by atoms with Gasteiger partial charge in [-0.3, -0.25) is 4.79 Å². The van der Waals surface area contributed by atoms with Gasteiger partial charge in [0.05, 0.1) is 12.0 Å². The van der Waals surface area contributed by atoms with Crippen molar-refractivity contribution in [3.05, 3.63) is 53.8 Å². The van der Waals surface area contributed by atoms with Gasteiger partial charge in [0.25, 0.3) is 0 Å². The highest BCUT2D eigenvalue weighted by molar-refractivity contribution is 5.90. The van der Waals surface area contributed by atoms with Crippen molar-refractivity contribution in [1.82, 2.24) is 19.7 Å². The third-order valence-electron chi connectivity index (χ3n) is 3.81. The average Bonchev–Trinajstić information content (AvgIpc) is 3.13. The molecule has 2 aromatic heterocycles. The summed E-state index contributed by atoms with van der Waals surface area (Å²) in [6.45, 7) is 5.73. The van der Waals surface area contributed by atoms with E-state index < -0.39 is 0 Å². The van der Waals surface area contributed by atoms with Crippen molar-refractivity contribution in [3.63, 3.8) is 0 Å². The summed E-state index contributed by atoms with van der Waals surface area (Å²) < 4.78 is 7.26. The van der Waals surface area contributed by atoms with Gasteiger partial charge in [0.1, 0.15) is 0 Å². The van der Waals surface area contributed by atoms with E-state index in [1.807, 2.05) is 42.7 Å². The molecule has 0 fully saturated rings. The van der Waals surface area contributed by atoms with Crippen LogP contribution in [0.25, 0.3) is 5.69 Å². The Morgan fingerprint density at radius 2 is 1.92 bits per heavy atom. The summed E-state index contributed by atoms with van der Waals surface area (Å²) in [5, 5.41) is 10.5. The number of carbonyl (C=O) groups excluding carboxylic acids is 1. The second kappa shape index (κ2) is 6.66. The third-order valence-corrected chi connectivity index (χ3v) is 3.81.